The van der Waals surface area contributed by atoms with Crippen LogP contribution in [-0.4, -0.2) is 69.2 Å². The molecule has 0 unspecified atom stereocenters. The van der Waals surface area contributed by atoms with E-state index in [2.05, 4.69) is 28.8 Å². The van der Waals surface area contributed by atoms with E-state index in [4.69, 9.17) is 9.47 Å². The van der Waals surface area contributed by atoms with Crippen molar-refractivity contribution >= 4 is 17.0 Å². The van der Waals surface area contributed by atoms with Gasteiger partial charge in [0.1, 0.15) is 18.2 Å². The molecule has 2 aromatic heterocycles. The van der Waals surface area contributed by atoms with Gasteiger partial charge in [0, 0.05) is 18.7 Å². The van der Waals surface area contributed by atoms with Gasteiger partial charge in [-0.3, -0.25) is 4.90 Å². The third-order valence-electron chi connectivity index (χ3n) is 5.43. The quantitative estimate of drug-likeness (QED) is 0.590. The molecule has 1 saturated heterocycles. The minimum atomic E-state index is -1.16. The Labute approximate surface area is 179 Å². The molecule has 164 valence electrons. The average molecular weight is 428 g/mol. The first-order valence-corrected chi connectivity index (χ1v) is 10.2. The number of pyridine rings is 1. The Morgan fingerprint density at radius 2 is 2.06 bits per heavy atom. The van der Waals surface area contributed by atoms with Crippen molar-refractivity contribution in [2.45, 2.75) is 32.9 Å². The largest absolute Gasteiger partial charge is 0.491 e. The van der Waals surface area contributed by atoms with E-state index < -0.39 is 5.97 Å². The lowest BCUT2D eigenvalue weighted by atomic mass is 10.1. The van der Waals surface area contributed by atoms with E-state index in [0.29, 0.717) is 66.6 Å². The first-order valence-electron chi connectivity index (χ1n) is 10.2. The van der Waals surface area contributed by atoms with E-state index in [9.17, 15) is 14.3 Å². The molecule has 8 nitrogen and oxygen atoms in total. The van der Waals surface area contributed by atoms with E-state index in [1.807, 2.05) is 6.92 Å². The second kappa shape index (κ2) is 8.60. The van der Waals surface area contributed by atoms with E-state index in [-0.39, 0.29) is 11.5 Å². The SMILES string of the molecule is Cc1nn(-c2ccc(F)cc2)c2nc(C(=O)O)cc(OCCN(C(C)C)C3COC3)c12. The maximum atomic E-state index is 13.3. The molecule has 3 aromatic rings. The smallest absolute Gasteiger partial charge is 0.354 e. The summed E-state index contributed by atoms with van der Waals surface area (Å²) in [7, 11) is 0. The third kappa shape index (κ3) is 4.24. The lowest BCUT2D eigenvalue weighted by Gasteiger charge is -2.39. The van der Waals surface area contributed by atoms with Gasteiger partial charge in [-0.25, -0.2) is 18.9 Å². The van der Waals surface area contributed by atoms with Crippen LogP contribution in [0.15, 0.2) is 30.3 Å². The van der Waals surface area contributed by atoms with Gasteiger partial charge in [-0.2, -0.15) is 5.10 Å². The number of carboxylic acids is 1. The van der Waals surface area contributed by atoms with Crippen LogP contribution in [0.2, 0.25) is 0 Å². The van der Waals surface area contributed by atoms with Gasteiger partial charge >= 0.3 is 5.97 Å². The Kier molecular flexibility index (Phi) is 5.88. The highest BCUT2D eigenvalue weighted by molar-refractivity contribution is 5.93. The van der Waals surface area contributed by atoms with Crippen molar-refractivity contribution in [3.8, 4) is 11.4 Å². The number of aromatic carboxylic acids is 1. The average Bonchev–Trinajstić information content (AvgIpc) is 3.03. The highest BCUT2D eigenvalue weighted by Crippen LogP contribution is 2.30. The second-order valence-electron chi connectivity index (χ2n) is 7.85. The zero-order valence-corrected chi connectivity index (χ0v) is 17.7. The molecule has 3 heterocycles. The summed E-state index contributed by atoms with van der Waals surface area (Å²) in [6.45, 7) is 8.56. The van der Waals surface area contributed by atoms with Crippen LogP contribution in [0, 0.1) is 12.7 Å². The predicted molar refractivity (Wildman–Crippen MR) is 112 cm³/mol. The van der Waals surface area contributed by atoms with Gasteiger partial charge in [-0.05, 0) is 45.0 Å². The van der Waals surface area contributed by atoms with Crippen LogP contribution in [0.4, 0.5) is 4.39 Å². The monoisotopic (exact) mass is 428 g/mol. The lowest BCUT2D eigenvalue weighted by molar-refractivity contribution is -0.0776. The van der Waals surface area contributed by atoms with Crippen LogP contribution in [0.5, 0.6) is 5.75 Å². The molecule has 1 aliphatic heterocycles. The molecule has 0 saturated carbocycles. The Morgan fingerprint density at radius 3 is 2.65 bits per heavy atom. The standard InChI is InChI=1S/C22H25FN4O4/c1-13(2)26(17-11-30-12-17)8-9-31-19-10-18(22(28)29)24-21-20(19)14(3)25-27(21)16-6-4-15(23)5-7-16/h4-7,10,13,17H,8-9,11-12H2,1-3H3,(H,28,29). The summed E-state index contributed by atoms with van der Waals surface area (Å²) in [6.07, 6.45) is 0. The van der Waals surface area contributed by atoms with Crippen LogP contribution in [0.25, 0.3) is 16.7 Å². The maximum absolute atomic E-state index is 13.3. The minimum absolute atomic E-state index is 0.140. The number of ether oxygens (including phenoxy) is 2. The van der Waals surface area contributed by atoms with Gasteiger partial charge in [-0.1, -0.05) is 0 Å². The summed E-state index contributed by atoms with van der Waals surface area (Å²) in [6, 6.07) is 7.92. The van der Waals surface area contributed by atoms with Crippen LogP contribution in [0.3, 0.4) is 0 Å². The zero-order valence-electron chi connectivity index (χ0n) is 17.7. The molecule has 9 heteroatoms. The highest BCUT2D eigenvalue weighted by Gasteiger charge is 2.28. The molecule has 1 aromatic carbocycles. The Bertz CT molecular complexity index is 1090. The van der Waals surface area contributed by atoms with Crippen molar-refractivity contribution in [1.82, 2.24) is 19.7 Å². The molecular weight excluding hydrogens is 403 g/mol. The molecular formula is C22H25FN4O4. The number of rotatable bonds is 8. The van der Waals surface area contributed by atoms with Crippen molar-refractivity contribution in [3.05, 3.63) is 47.5 Å². The maximum Gasteiger partial charge on any atom is 0.354 e. The van der Waals surface area contributed by atoms with Gasteiger partial charge in [-0.15, -0.1) is 0 Å². The van der Waals surface area contributed by atoms with Crippen LogP contribution in [0.1, 0.15) is 30.0 Å². The van der Waals surface area contributed by atoms with Crippen molar-refractivity contribution in [1.29, 1.82) is 0 Å². The summed E-state index contributed by atoms with van der Waals surface area (Å²) < 4.78 is 26.2. The minimum Gasteiger partial charge on any atom is -0.491 e. The van der Waals surface area contributed by atoms with Crippen molar-refractivity contribution in [2.24, 2.45) is 0 Å². The van der Waals surface area contributed by atoms with Gasteiger partial charge in [0.2, 0.25) is 0 Å². The summed E-state index contributed by atoms with van der Waals surface area (Å²) in [5, 5.41) is 14.7. The Balaban J connectivity index is 1.67. The van der Waals surface area contributed by atoms with Crippen molar-refractivity contribution < 1.29 is 23.8 Å². The van der Waals surface area contributed by atoms with Crippen LogP contribution in [-0.2, 0) is 4.74 Å². The Morgan fingerprint density at radius 1 is 1.35 bits per heavy atom. The van der Waals surface area contributed by atoms with Crippen LogP contribution >= 0.6 is 0 Å². The number of fused-ring (bicyclic) bond motifs is 1. The number of hydrogen-bond donors (Lipinski definition) is 1. The first-order chi connectivity index (χ1) is 14.8. The Hall–Kier alpha value is -3.04. The number of carboxylic acid groups (broad SMARTS) is 1. The number of aryl methyl sites for hydroxylation is 1. The predicted octanol–water partition coefficient (Wildman–Crippen LogP) is 3.05. The summed E-state index contributed by atoms with van der Waals surface area (Å²) in [4.78, 5) is 18.3. The molecule has 0 atom stereocenters. The second-order valence-corrected chi connectivity index (χ2v) is 7.85. The van der Waals surface area contributed by atoms with Gasteiger partial charge in [0.25, 0.3) is 0 Å². The molecule has 0 amide bonds. The molecule has 4 rings (SSSR count). The van der Waals surface area contributed by atoms with Crippen molar-refractivity contribution in [3.63, 3.8) is 0 Å². The lowest BCUT2D eigenvalue weighted by Crippen LogP contribution is -2.53. The normalized spacial score (nSPS) is 14.4. The molecule has 0 aliphatic carbocycles. The highest BCUT2D eigenvalue weighted by atomic mass is 19.1. The molecule has 0 bridgehead atoms. The molecule has 1 N–H and O–H groups in total. The fourth-order valence-corrected chi connectivity index (χ4v) is 3.77. The number of hydrogen-bond acceptors (Lipinski definition) is 6. The summed E-state index contributed by atoms with van der Waals surface area (Å²) >= 11 is 0. The van der Waals surface area contributed by atoms with E-state index in [0.717, 1.165) is 0 Å². The van der Waals surface area contributed by atoms with E-state index >= 15 is 0 Å². The summed E-state index contributed by atoms with van der Waals surface area (Å²) in [5.41, 5.74) is 1.44. The third-order valence-corrected chi connectivity index (χ3v) is 5.43. The molecule has 0 spiro atoms. The van der Waals surface area contributed by atoms with Gasteiger partial charge in [0.05, 0.1) is 36.0 Å². The molecule has 1 fully saturated rings. The van der Waals surface area contributed by atoms with Crippen LogP contribution < -0.4 is 4.74 Å². The first kappa shape index (κ1) is 21.2. The van der Waals surface area contributed by atoms with Gasteiger partial charge in [0.15, 0.2) is 11.3 Å². The van der Waals surface area contributed by atoms with E-state index in [1.54, 1.807) is 12.1 Å². The number of nitrogens with zero attached hydrogens (tertiary/aromatic N) is 4. The number of carbonyl (C=O) groups is 1. The van der Waals surface area contributed by atoms with E-state index in [1.165, 1.54) is 22.9 Å². The number of halogens is 1. The number of aromatic nitrogens is 3. The number of benzene rings is 1. The molecule has 1 aliphatic rings. The molecule has 0 radical (unpaired) electrons. The van der Waals surface area contributed by atoms with Crippen molar-refractivity contribution in [2.75, 3.05) is 26.4 Å². The summed E-state index contributed by atoms with van der Waals surface area (Å²) in [5.74, 6) is -1.11. The van der Waals surface area contributed by atoms with Gasteiger partial charge < -0.3 is 14.6 Å². The topological polar surface area (TPSA) is 89.7 Å². The fourth-order valence-electron chi connectivity index (χ4n) is 3.77. The molecule has 31 heavy (non-hydrogen) atoms. The fraction of sp³-hybridized carbons (Fsp3) is 0.409. The zero-order chi connectivity index (χ0) is 22.1.